The molecular weight excluding hydrogens is 308 g/mol. The van der Waals surface area contributed by atoms with E-state index in [1.165, 1.54) is 16.2 Å². The van der Waals surface area contributed by atoms with Crippen LogP contribution in [0.1, 0.15) is 29.4 Å². The summed E-state index contributed by atoms with van der Waals surface area (Å²) >= 11 is 1.36. The van der Waals surface area contributed by atoms with Gasteiger partial charge in [-0.25, -0.2) is 9.69 Å². The highest BCUT2D eigenvalue weighted by atomic mass is 32.1. The lowest BCUT2D eigenvalue weighted by molar-refractivity contribution is 0.0985. The highest BCUT2D eigenvalue weighted by Crippen LogP contribution is 2.24. The first-order chi connectivity index (χ1) is 11.2. The molecule has 1 saturated heterocycles. The number of rotatable bonds is 2. The van der Waals surface area contributed by atoms with E-state index in [-0.39, 0.29) is 11.9 Å². The zero-order valence-electron chi connectivity index (χ0n) is 13.1. The summed E-state index contributed by atoms with van der Waals surface area (Å²) in [6.07, 6.45) is 1.98. The predicted molar refractivity (Wildman–Crippen MR) is 92.9 cm³/mol. The minimum Gasteiger partial charge on any atom is -0.324 e. The first-order valence-electron chi connectivity index (χ1n) is 7.88. The van der Waals surface area contributed by atoms with Crippen molar-refractivity contribution in [1.82, 2.24) is 4.90 Å². The molecule has 23 heavy (non-hydrogen) atoms. The third-order valence-electron chi connectivity index (χ3n) is 4.19. The molecule has 0 bridgehead atoms. The number of benzene rings is 1. The summed E-state index contributed by atoms with van der Waals surface area (Å²) in [5.41, 5.74) is 0.620. The Kier molecular flexibility index (Phi) is 4.76. The molecule has 0 aliphatic carbocycles. The fourth-order valence-electron chi connectivity index (χ4n) is 2.74. The van der Waals surface area contributed by atoms with Gasteiger partial charge in [0.1, 0.15) is 0 Å². The second kappa shape index (κ2) is 6.96. The van der Waals surface area contributed by atoms with Crippen molar-refractivity contribution in [2.24, 2.45) is 5.92 Å². The molecule has 1 aliphatic rings. The summed E-state index contributed by atoms with van der Waals surface area (Å²) in [5, 5.41) is 1.85. The number of hydrogen-bond donors (Lipinski definition) is 0. The molecule has 0 atom stereocenters. The van der Waals surface area contributed by atoms with Gasteiger partial charge in [0, 0.05) is 13.1 Å². The number of carbonyl (C=O) groups excluding carboxylic acids is 2. The Morgan fingerprint density at radius 3 is 2.39 bits per heavy atom. The number of thiophene rings is 1. The highest BCUT2D eigenvalue weighted by molar-refractivity contribution is 7.12. The standard InChI is InChI=1S/C18H20N2O2S/c1-14-9-11-19(12-10-14)18(22)20(15-6-3-2-4-7-15)17(21)16-8-5-13-23-16/h2-8,13-14H,9-12H2,1H3. The van der Waals surface area contributed by atoms with Crippen LogP contribution in [0.5, 0.6) is 0 Å². The molecule has 1 aliphatic heterocycles. The normalized spacial score (nSPS) is 15.4. The van der Waals surface area contributed by atoms with Crippen LogP contribution in [0.4, 0.5) is 10.5 Å². The topological polar surface area (TPSA) is 40.6 Å². The van der Waals surface area contributed by atoms with Crippen LogP contribution in [-0.2, 0) is 0 Å². The van der Waals surface area contributed by atoms with Gasteiger partial charge in [-0.2, -0.15) is 0 Å². The average molecular weight is 328 g/mol. The Labute approximate surface area is 140 Å². The van der Waals surface area contributed by atoms with Crippen LogP contribution in [0.2, 0.25) is 0 Å². The average Bonchev–Trinajstić information content (AvgIpc) is 3.11. The minimum absolute atomic E-state index is 0.221. The third kappa shape index (κ3) is 3.45. The molecule has 1 fully saturated rings. The number of likely N-dealkylation sites (tertiary alicyclic amines) is 1. The van der Waals surface area contributed by atoms with Crippen molar-refractivity contribution in [2.45, 2.75) is 19.8 Å². The van der Waals surface area contributed by atoms with Gasteiger partial charge >= 0.3 is 6.03 Å². The first kappa shape index (κ1) is 15.7. The summed E-state index contributed by atoms with van der Waals surface area (Å²) in [6.45, 7) is 3.62. The van der Waals surface area contributed by atoms with Crippen LogP contribution in [0.3, 0.4) is 0 Å². The largest absolute Gasteiger partial charge is 0.331 e. The van der Waals surface area contributed by atoms with E-state index in [9.17, 15) is 9.59 Å². The summed E-state index contributed by atoms with van der Waals surface area (Å²) in [6, 6.07) is 12.5. The van der Waals surface area contributed by atoms with Gasteiger partial charge in [0.05, 0.1) is 10.6 Å². The van der Waals surface area contributed by atoms with E-state index in [1.54, 1.807) is 23.1 Å². The molecule has 0 saturated carbocycles. The highest BCUT2D eigenvalue weighted by Gasteiger charge is 2.31. The molecule has 0 radical (unpaired) electrons. The van der Waals surface area contributed by atoms with Crippen molar-refractivity contribution < 1.29 is 9.59 Å². The van der Waals surface area contributed by atoms with E-state index in [4.69, 9.17) is 0 Å². The molecule has 2 aromatic rings. The second-order valence-electron chi connectivity index (χ2n) is 5.91. The Balaban J connectivity index is 1.89. The molecule has 5 heteroatoms. The zero-order chi connectivity index (χ0) is 16.2. The van der Waals surface area contributed by atoms with Crippen molar-refractivity contribution in [3.8, 4) is 0 Å². The maximum atomic E-state index is 13.0. The van der Waals surface area contributed by atoms with Gasteiger partial charge in [-0.05, 0) is 42.3 Å². The van der Waals surface area contributed by atoms with Gasteiger partial charge < -0.3 is 4.90 Å². The molecule has 0 unspecified atom stereocenters. The Morgan fingerprint density at radius 2 is 1.78 bits per heavy atom. The Hall–Kier alpha value is -2.14. The second-order valence-corrected chi connectivity index (χ2v) is 6.85. The Morgan fingerprint density at radius 1 is 1.09 bits per heavy atom. The molecule has 2 heterocycles. The number of piperidine rings is 1. The van der Waals surface area contributed by atoms with E-state index in [0.29, 0.717) is 29.6 Å². The number of anilines is 1. The molecule has 120 valence electrons. The lowest BCUT2D eigenvalue weighted by Gasteiger charge is -2.34. The lowest BCUT2D eigenvalue weighted by Crippen LogP contribution is -2.49. The van der Waals surface area contributed by atoms with E-state index in [0.717, 1.165) is 12.8 Å². The number of nitrogens with zero attached hydrogens (tertiary/aromatic N) is 2. The summed E-state index contributed by atoms with van der Waals surface area (Å²) in [5.74, 6) is 0.382. The number of hydrogen-bond acceptors (Lipinski definition) is 3. The lowest BCUT2D eigenvalue weighted by atomic mass is 9.99. The predicted octanol–water partition coefficient (Wildman–Crippen LogP) is 4.25. The summed E-state index contributed by atoms with van der Waals surface area (Å²) < 4.78 is 0. The molecule has 4 nitrogen and oxygen atoms in total. The van der Waals surface area contributed by atoms with Gasteiger partial charge in [0.25, 0.3) is 5.91 Å². The van der Waals surface area contributed by atoms with Crippen molar-refractivity contribution in [3.63, 3.8) is 0 Å². The van der Waals surface area contributed by atoms with Crippen molar-refractivity contribution in [1.29, 1.82) is 0 Å². The number of urea groups is 1. The fourth-order valence-corrected chi connectivity index (χ4v) is 3.40. The monoisotopic (exact) mass is 328 g/mol. The molecule has 0 spiro atoms. The third-order valence-corrected chi connectivity index (χ3v) is 5.05. The molecule has 1 aromatic heterocycles. The quantitative estimate of drug-likeness (QED) is 0.827. The zero-order valence-corrected chi connectivity index (χ0v) is 14.0. The molecule has 1 aromatic carbocycles. The fraction of sp³-hybridized carbons (Fsp3) is 0.333. The van der Waals surface area contributed by atoms with E-state index in [2.05, 4.69) is 6.92 Å². The van der Waals surface area contributed by atoms with Gasteiger partial charge in [-0.15, -0.1) is 11.3 Å². The minimum atomic E-state index is -0.255. The number of para-hydroxylation sites is 1. The van der Waals surface area contributed by atoms with Crippen LogP contribution in [0, 0.1) is 5.92 Å². The van der Waals surface area contributed by atoms with Gasteiger partial charge in [-0.3, -0.25) is 4.79 Å². The van der Waals surface area contributed by atoms with Crippen molar-refractivity contribution in [2.75, 3.05) is 18.0 Å². The first-order valence-corrected chi connectivity index (χ1v) is 8.76. The van der Waals surface area contributed by atoms with Crippen molar-refractivity contribution in [3.05, 3.63) is 52.7 Å². The maximum Gasteiger partial charge on any atom is 0.331 e. The Bertz CT molecular complexity index is 662. The van der Waals surface area contributed by atoms with Gasteiger partial charge in [-0.1, -0.05) is 31.2 Å². The van der Waals surface area contributed by atoms with E-state index < -0.39 is 0 Å². The number of imide groups is 1. The molecular formula is C18H20N2O2S. The van der Waals surface area contributed by atoms with Crippen molar-refractivity contribution >= 4 is 29.0 Å². The van der Waals surface area contributed by atoms with Gasteiger partial charge in [0.15, 0.2) is 0 Å². The molecule has 0 N–H and O–H groups in total. The summed E-state index contributed by atoms with van der Waals surface area (Å²) in [7, 11) is 0. The van der Waals surface area contributed by atoms with Crippen LogP contribution in [0.25, 0.3) is 0 Å². The smallest absolute Gasteiger partial charge is 0.324 e. The van der Waals surface area contributed by atoms with E-state index in [1.807, 2.05) is 29.6 Å². The van der Waals surface area contributed by atoms with Crippen LogP contribution < -0.4 is 4.90 Å². The van der Waals surface area contributed by atoms with Crippen LogP contribution in [-0.4, -0.2) is 29.9 Å². The van der Waals surface area contributed by atoms with Crippen LogP contribution in [0.15, 0.2) is 47.8 Å². The SMILES string of the molecule is CC1CCN(C(=O)N(C(=O)c2cccs2)c2ccccc2)CC1. The van der Waals surface area contributed by atoms with Gasteiger partial charge in [0.2, 0.25) is 0 Å². The molecule has 3 rings (SSSR count). The molecule has 3 amide bonds. The maximum absolute atomic E-state index is 13.0. The summed E-state index contributed by atoms with van der Waals surface area (Å²) in [4.78, 5) is 29.5. The number of carbonyl (C=O) groups is 2. The van der Waals surface area contributed by atoms with Crippen LogP contribution >= 0.6 is 11.3 Å². The van der Waals surface area contributed by atoms with E-state index >= 15 is 0 Å². The number of amides is 3.